The van der Waals surface area contributed by atoms with Gasteiger partial charge in [-0.15, -0.1) is 5.10 Å². The molecule has 1 aliphatic rings. The summed E-state index contributed by atoms with van der Waals surface area (Å²) in [4.78, 5) is 16.9. The van der Waals surface area contributed by atoms with E-state index in [1.807, 2.05) is 67.7 Å². The third-order valence-electron chi connectivity index (χ3n) is 4.12. The zero-order valence-electron chi connectivity index (χ0n) is 15.1. The van der Waals surface area contributed by atoms with E-state index in [0.717, 1.165) is 22.5 Å². The van der Waals surface area contributed by atoms with Crippen molar-refractivity contribution in [1.29, 1.82) is 0 Å². The molecule has 27 heavy (non-hydrogen) atoms. The number of aromatic nitrogens is 2. The van der Waals surface area contributed by atoms with Crippen molar-refractivity contribution in [3.63, 3.8) is 0 Å². The summed E-state index contributed by atoms with van der Waals surface area (Å²) in [5, 5.41) is 6.06. The number of anilines is 2. The number of carbonyl (C=O) groups excluding carboxylic acids is 1. The fourth-order valence-electron chi connectivity index (χ4n) is 2.78. The number of hydrogen-bond acceptors (Lipinski definition) is 6. The van der Waals surface area contributed by atoms with Crippen molar-refractivity contribution in [3.05, 3.63) is 66.4 Å². The Morgan fingerprint density at radius 1 is 1.11 bits per heavy atom. The van der Waals surface area contributed by atoms with Gasteiger partial charge in [0.05, 0.1) is 24.2 Å². The van der Waals surface area contributed by atoms with Crippen LogP contribution in [0, 0.1) is 6.92 Å². The minimum Gasteiger partial charge on any atom is -0.460 e. The molecule has 136 valence electrons. The quantitative estimate of drug-likeness (QED) is 0.721. The number of imidazole rings is 1. The number of aryl methyl sites for hydroxylation is 1. The first-order valence-electron chi connectivity index (χ1n) is 8.70. The van der Waals surface area contributed by atoms with E-state index in [1.165, 1.54) is 0 Å². The van der Waals surface area contributed by atoms with Crippen LogP contribution in [0.5, 0.6) is 0 Å². The third kappa shape index (κ3) is 3.27. The van der Waals surface area contributed by atoms with Crippen LogP contribution in [0.4, 0.5) is 11.6 Å². The molecule has 0 bridgehead atoms. The SMILES string of the molecule is CCOC(=O)C1=NN(c2ccc(C)cc2)c2nc(-c3ccccc3)cn2N1. The van der Waals surface area contributed by atoms with Crippen LogP contribution in [0.15, 0.2) is 65.9 Å². The molecule has 2 heterocycles. The largest absolute Gasteiger partial charge is 0.460 e. The number of fused-ring (bicyclic) bond motifs is 1. The first-order valence-corrected chi connectivity index (χ1v) is 8.70. The molecule has 1 N–H and O–H groups in total. The van der Waals surface area contributed by atoms with Gasteiger partial charge < -0.3 is 4.74 Å². The molecule has 1 aromatic heterocycles. The maximum atomic E-state index is 12.2. The number of hydrogen-bond donors (Lipinski definition) is 1. The Hall–Kier alpha value is -3.61. The second-order valence-corrected chi connectivity index (χ2v) is 6.09. The molecule has 3 aromatic rings. The van der Waals surface area contributed by atoms with Gasteiger partial charge in [-0.05, 0) is 26.0 Å². The molecule has 0 spiro atoms. The van der Waals surface area contributed by atoms with Crippen LogP contribution in [0.2, 0.25) is 0 Å². The molecule has 0 fully saturated rings. The zero-order valence-corrected chi connectivity index (χ0v) is 15.1. The zero-order chi connectivity index (χ0) is 18.8. The minimum absolute atomic E-state index is 0.0990. The summed E-state index contributed by atoms with van der Waals surface area (Å²) in [5.41, 5.74) is 6.66. The minimum atomic E-state index is -0.518. The van der Waals surface area contributed by atoms with E-state index in [4.69, 9.17) is 9.72 Å². The number of rotatable bonds is 4. The Kier molecular flexibility index (Phi) is 4.33. The van der Waals surface area contributed by atoms with Gasteiger partial charge in [-0.25, -0.2) is 14.5 Å². The first kappa shape index (κ1) is 16.8. The molecule has 7 heteroatoms. The predicted octanol–water partition coefficient (Wildman–Crippen LogP) is 3.43. The van der Waals surface area contributed by atoms with Crippen LogP contribution in [0.1, 0.15) is 12.5 Å². The molecular weight excluding hydrogens is 342 g/mol. The van der Waals surface area contributed by atoms with Crippen LogP contribution in [0.3, 0.4) is 0 Å². The van der Waals surface area contributed by atoms with Gasteiger partial charge in [0.2, 0.25) is 0 Å². The van der Waals surface area contributed by atoms with Crippen molar-refractivity contribution < 1.29 is 9.53 Å². The second kappa shape index (κ2) is 6.95. The van der Waals surface area contributed by atoms with Gasteiger partial charge in [-0.2, -0.15) is 5.01 Å². The highest BCUT2D eigenvalue weighted by molar-refractivity contribution is 6.39. The summed E-state index contributed by atoms with van der Waals surface area (Å²) in [6.45, 7) is 4.05. The molecule has 0 unspecified atom stereocenters. The lowest BCUT2D eigenvalue weighted by Crippen LogP contribution is -2.39. The summed E-state index contributed by atoms with van der Waals surface area (Å²) < 4.78 is 6.78. The molecule has 4 rings (SSSR count). The maximum Gasteiger partial charge on any atom is 0.377 e. The molecule has 0 saturated carbocycles. The van der Waals surface area contributed by atoms with Gasteiger partial charge in [0.25, 0.3) is 11.8 Å². The Balaban J connectivity index is 1.79. The van der Waals surface area contributed by atoms with E-state index in [2.05, 4.69) is 10.5 Å². The number of esters is 1. The number of carbonyl (C=O) groups is 1. The van der Waals surface area contributed by atoms with Crippen LogP contribution in [-0.4, -0.2) is 28.1 Å². The van der Waals surface area contributed by atoms with E-state index in [9.17, 15) is 4.79 Å². The maximum absolute atomic E-state index is 12.2. The molecule has 0 saturated heterocycles. The number of hydrazone groups is 1. The van der Waals surface area contributed by atoms with Gasteiger partial charge in [-0.3, -0.25) is 5.43 Å². The molecular formula is C20H19N5O2. The second-order valence-electron chi connectivity index (χ2n) is 6.09. The van der Waals surface area contributed by atoms with Crippen molar-refractivity contribution in [2.45, 2.75) is 13.8 Å². The number of ether oxygens (including phenoxy) is 1. The van der Waals surface area contributed by atoms with Gasteiger partial charge in [0.1, 0.15) is 0 Å². The Labute approximate surface area is 156 Å². The lowest BCUT2D eigenvalue weighted by molar-refractivity contribution is -0.135. The van der Waals surface area contributed by atoms with Crippen LogP contribution in [0.25, 0.3) is 11.3 Å². The van der Waals surface area contributed by atoms with Gasteiger partial charge in [0.15, 0.2) is 0 Å². The standard InChI is InChI=1S/C20H19N5O2/c1-3-27-19(26)18-22-24-13-17(15-7-5-4-6-8-15)21-20(24)25(23-18)16-11-9-14(2)10-12-16/h4-13H,3H2,1-2H3,(H,22,23). The van der Waals surface area contributed by atoms with E-state index >= 15 is 0 Å². The lowest BCUT2D eigenvalue weighted by Gasteiger charge is -2.25. The number of nitrogens with one attached hydrogen (secondary N) is 1. The van der Waals surface area contributed by atoms with Crippen molar-refractivity contribution >= 4 is 23.4 Å². The fraction of sp³-hybridized carbons (Fsp3) is 0.150. The summed E-state index contributed by atoms with van der Waals surface area (Å²) in [5.74, 6) is 0.142. The van der Waals surface area contributed by atoms with Crippen molar-refractivity contribution in [2.75, 3.05) is 17.0 Å². The topological polar surface area (TPSA) is 71.8 Å². The highest BCUT2D eigenvalue weighted by Crippen LogP contribution is 2.30. The Bertz CT molecular complexity index is 993. The molecule has 0 aliphatic carbocycles. The first-order chi connectivity index (χ1) is 13.2. The fourth-order valence-corrected chi connectivity index (χ4v) is 2.78. The van der Waals surface area contributed by atoms with Crippen LogP contribution < -0.4 is 10.4 Å². The molecule has 0 atom stereocenters. The predicted molar refractivity (Wildman–Crippen MR) is 104 cm³/mol. The number of benzene rings is 2. The summed E-state index contributed by atoms with van der Waals surface area (Å²) in [6.07, 6.45) is 1.83. The van der Waals surface area contributed by atoms with Crippen molar-refractivity contribution in [2.24, 2.45) is 5.10 Å². The highest BCUT2D eigenvalue weighted by atomic mass is 16.5. The molecule has 0 amide bonds. The van der Waals surface area contributed by atoms with Gasteiger partial charge in [0, 0.05) is 5.56 Å². The van der Waals surface area contributed by atoms with Crippen LogP contribution >= 0.6 is 0 Å². The van der Waals surface area contributed by atoms with E-state index in [-0.39, 0.29) is 12.4 Å². The molecule has 2 aromatic carbocycles. The highest BCUT2D eigenvalue weighted by Gasteiger charge is 2.27. The Morgan fingerprint density at radius 3 is 2.56 bits per heavy atom. The van der Waals surface area contributed by atoms with Crippen LogP contribution in [-0.2, 0) is 9.53 Å². The van der Waals surface area contributed by atoms with Crippen molar-refractivity contribution in [3.8, 4) is 11.3 Å². The summed E-state index contributed by atoms with van der Waals surface area (Å²) in [7, 11) is 0. The number of nitrogens with zero attached hydrogens (tertiary/aromatic N) is 4. The van der Waals surface area contributed by atoms with Gasteiger partial charge >= 0.3 is 5.97 Å². The van der Waals surface area contributed by atoms with E-state index in [1.54, 1.807) is 16.6 Å². The summed E-state index contributed by atoms with van der Waals surface area (Å²) >= 11 is 0. The third-order valence-corrected chi connectivity index (χ3v) is 4.12. The summed E-state index contributed by atoms with van der Waals surface area (Å²) in [6, 6.07) is 17.7. The smallest absolute Gasteiger partial charge is 0.377 e. The van der Waals surface area contributed by atoms with E-state index < -0.39 is 5.97 Å². The molecule has 1 aliphatic heterocycles. The van der Waals surface area contributed by atoms with Crippen molar-refractivity contribution in [1.82, 2.24) is 9.66 Å². The Morgan fingerprint density at radius 2 is 1.85 bits per heavy atom. The molecule has 7 nitrogen and oxygen atoms in total. The average molecular weight is 361 g/mol. The van der Waals surface area contributed by atoms with Gasteiger partial charge in [-0.1, -0.05) is 48.0 Å². The molecule has 0 radical (unpaired) electrons. The lowest BCUT2D eigenvalue weighted by atomic mass is 10.2. The normalized spacial score (nSPS) is 12.8. The monoisotopic (exact) mass is 361 g/mol. The average Bonchev–Trinajstić information content (AvgIpc) is 3.13. The number of amidine groups is 1. The van der Waals surface area contributed by atoms with E-state index in [0.29, 0.717) is 5.95 Å².